The Kier molecular flexibility index (Phi) is 3.44. The van der Waals surface area contributed by atoms with Crippen LogP contribution in [0.25, 0.3) is 0 Å². The molecule has 3 heteroatoms. The monoisotopic (exact) mass is 196 g/mol. The fourth-order valence-corrected chi connectivity index (χ4v) is 1.57. The molecule has 0 bridgehead atoms. The quantitative estimate of drug-likeness (QED) is 0.647. The van der Waals surface area contributed by atoms with Crippen LogP contribution in [0.1, 0.15) is 32.6 Å². The Morgan fingerprint density at radius 3 is 2.86 bits per heavy atom. The summed E-state index contributed by atoms with van der Waals surface area (Å²) in [6, 6.07) is 0. The summed E-state index contributed by atoms with van der Waals surface area (Å²) in [6.07, 6.45) is 6.14. The SMILES string of the molecule is COC(=O)CCC1(C)C=CC(=O)CC1. The second kappa shape index (κ2) is 4.40. The summed E-state index contributed by atoms with van der Waals surface area (Å²) < 4.78 is 4.58. The molecule has 0 aromatic carbocycles. The van der Waals surface area contributed by atoms with Crippen LogP contribution < -0.4 is 0 Å². The highest BCUT2D eigenvalue weighted by Crippen LogP contribution is 2.33. The molecule has 0 aromatic rings. The van der Waals surface area contributed by atoms with Gasteiger partial charge in [-0.2, -0.15) is 0 Å². The Bertz CT molecular complexity index is 268. The molecule has 0 aromatic heterocycles. The Labute approximate surface area is 84.1 Å². The van der Waals surface area contributed by atoms with Gasteiger partial charge in [-0.05, 0) is 24.3 Å². The summed E-state index contributed by atoms with van der Waals surface area (Å²) in [5.41, 5.74) is -0.0118. The zero-order chi connectivity index (χ0) is 10.6. The van der Waals surface area contributed by atoms with E-state index in [1.54, 1.807) is 6.08 Å². The number of carbonyl (C=O) groups is 2. The number of ether oxygens (including phenoxy) is 1. The van der Waals surface area contributed by atoms with Crippen LogP contribution in [0, 0.1) is 5.41 Å². The van der Waals surface area contributed by atoms with Gasteiger partial charge in [-0.1, -0.05) is 13.0 Å². The Morgan fingerprint density at radius 1 is 1.64 bits per heavy atom. The number of ketones is 1. The standard InChI is InChI=1S/C11H16O3/c1-11(8-5-10(13)14-2)6-3-9(12)4-7-11/h3,6H,4-5,7-8H2,1-2H3. The average molecular weight is 196 g/mol. The second-order valence-electron chi connectivity index (χ2n) is 4.03. The molecule has 0 heterocycles. The van der Waals surface area contributed by atoms with E-state index in [1.807, 2.05) is 6.08 Å². The molecule has 3 nitrogen and oxygen atoms in total. The van der Waals surface area contributed by atoms with Crippen LogP contribution in [0.4, 0.5) is 0 Å². The van der Waals surface area contributed by atoms with E-state index in [4.69, 9.17) is 0 Å². The number of rotatable bonds is 3. The summed E-state index contributed by atoms with van der Waals surface area (Å²) in [5.74, 6) is -0.00271. The largest absolute Gasteiger partial charge is 0.469 e. The van der Waals surface area contributed by atoms with Crippen molar-refractivity contribution in [2.75, 3.05) is 7.11 Å². The first-order chi connectivity index (χ1) is 6.56. The Balaban J connectivity index is 2.47. The predicted molar refractivity (Wildman–Crippen MR) is 52.7 cm³/mol. The van der Waals surface area contributed by atoms with Gasteiger partial charge in [0.05, 0.1) is 7.11 Å². The molecule has 0 fully saturated rings. The van der Waals surface area contributed by atoms with Crippen LogP contribution in [-0.4, -0.2) is 18.9 Å². The van der Waals surface area contributed by atoms with E-state index < -0.39 is 0 Å². The molecular formula is C11H16O3. The van der Waals surface area contributed by atoms with Crippen LogP contribution >= 0.6 is 0 Å². The van der Waals surface area contributed by atoms with E-state index in [0.717, 1.165) is 12.8 Å². The number of esters is 1. The maximum absolute atomic E-state index is 11.0. The van der Waals surface area contributed by atoms with E-state index in [1.165, 1.54) is 7.11 Å². The number of carbonyl (C=O) groups excluding carboxylic acids is 2. The molecule has 0 saturated heterocycles. The van der Waals surface area contributed by atoms with E-state index in [9.17, 15) is 9.59 Å². The predicted octanol–water partition coefficient (Wildman–Crippen LogP) is 1.86. The maximum atomic E-state index is 11.0. The van der Waals surface area contributed by atoms with Gasteiger partial charge < -0.3 is 4.74 Å². The summed E-state index contributed by atoms with van der Waals surface area (Å²) in [5, 5.41) is 0. The van der Waals surface area contributed by atoms with Crippen molar-refractivity contribution in [2.45, 2.75) is 32.6 Å². The molecule has 1 aliphatic rings. The van der Waals surface area contributed by atoms with E-state index in [-0.39, 0.29) is 17.2 Å². The number of methoxy groups -OCH3 is 1. The molecule has 0 N–H and O–H groups in total. The fourth-order valence-electron chi connectivity index (χ4n) is 1.57. The summed E-state index contributed by atoms with van der Waals surface area (Å²) in [4.78, 5) is 21.9. The van der Waals surface area contributed by atoms with Crippen molar-refractivity contribution in [1.82, 2.24) is 0 Å². The van der Waals surface area contributed by atoms with Gasteiger partial charge in [0.15, 0.2) is 5.78 Å². The van der Waals surface area contributed by atoms with Crippen molar-refractivity contribution in [3.05, 3.63) is 12.2 Å². The minimum atomic E-state index is -0.184. The highest BCUT2D eigenvalue weighted by atomic mass is 16.5. The molecule has 0 aliphatic heterocycles. The number of hydrogen-bond acceptors (Lipinski definition) is 3. The lowest BCUT2D eigenvalue weighted by molar-refractivity contribution is -0.141. The summed E-state index contributed by atoms with van der Waals surface area (Å²) >= 11 is 0. The van der Waals surface area contributed by atoms with Gasteiger partial charge >= 0.3 is 5.97 Å². The zero-order valence-electron chi connectivity index (χ0n) is 8.71. The average Bonchev–Trinajstić information content (AvgIpc) is 2.20. The molecular weight excluding hydrogens is 180 g/mol. The van der Waals surface area contributed by atoms with E-state index >= 15 is 0 Å². The van der Waals surface area contributed by atoms with Gasteiger partial charge in [0.2, 0.25) is 0 Å². The third-order valence-corrected chi connectivity index (χ3v) is 2.74. The number of hydrogen-bond donors (Lipinski definition) is 0. The van der Waals surface area contributed by atoms with Crippen molar-refractivity contribution < 1.29 is 14.3 Å². The van der Waals surface area contributed by atoms with Gasteiger partial charge in [0, 0.05) is 12.8 Å². The van der Waals surface area contributed by atoms with E-state index in [2.05, 4.69) is 11.7 Å². The Hall–Kier alpha value is -1.12. The van der Waals surface area contributed by atoms with Gasteiger partial charge in [0.1, 0.15) is 0 Å². The van der Waals surface area contributed by atoms with Crippen LogP contribution in [0.3, 0.4) is 0 Å². The van der Waals surface area contributed by atoms with E-state index in [0.29, 0.717) is 12.8 Å². The normalized spacial score (nSPS) is 26.3. The van der Waals surface area contributed by atoms with Gasteiger partial charge in [0.25, 0.3) is 0 Å². The molecule has 0 saturated carbocycles. The van der Waals surface area contributed by atoms with Gasteiger partial charge in [-0.3, -0.25) is 9.59 Å². The van der Waals surface area contributed by atoms with Crippen LogP contribution in [0.15, 0.2) is 12.2 Å². The van der Waals surface area contributed by atoms with Crippen molar-refractivity contribution in [1.29, 1.82) is 0 Å². The molecule has 0 amide bonds. The zero-order valence-corrected chi connectivity index (χ0v) is 8.71. The molecule has 1 aliphatic carbocycles. The topological polar surface area (TPSA) is 43.4 Å². The number of allylic oxidation sites excluding steroid dienone is 2. The molecule has 78 valence electrons. The van der Waals surface area contributed by atoms with Crippen molar-refractivity contribution in [3.63, 3.8) is 0 Å². The van der Waals surface area contributed by atoms with Gasteiger partial charge in [-0.25, -0.2) is 0 Å². The molecule has 0 spiro atoms. The van der Waals surface area contributed by atoms with Crippen molar-refractivity contribution in [2.24, 2.45) is 5.41 Å². The van der Waals surface area contributed by atoms with Crippen LogP contribution in [-0.2, 0) is 14.3 Å². The highest BCUT2D eigenvalue weighted by molar-refractivity contribution is 5.90. The second-order valence-corrected chi connectivity index (χ2v) is 4.03. The first-order valence-corrected chi connectivity index (χ1v) is 4.85. The fraction of sp³-hybridized carbons (Fsp3) is 0.636. The third kappa shape index (κ3) is 2.98. The molecule has 1 rings (SSSR count). The lowest BCUT2D eigenvalue weighted by atomic mass is 9.77. The van der Waals surface area contributed by atoms with Crippen molar-refractivity contribution in [3.8, 4) is 0 Å². The first kappa shape index (κ1) is 11.0. The van der Waals surface area contributed by atoms with Gasteiger partial charge in [-0.15, -0.1) is 0 Å². The lowest BCUT2D eigenvalue weighted by Gasteiger charge is -2.27. The summed E-state index contributed by atoms with van der Waals surface area (Å²) in [6.45, 7) is 2.07. The third-order valence-electron chi connectivity index (χ3n) is 2.74. The first-order valence-electron chi connectivity index (χ1n) is 4.85. The molecule has 14 heavy (non-hydrogen) atoms. The minimum Gasteiger partial charge on any atom is -0.469 e. The molecule has 0 radical (unpaired) electrons. The van der Waals surface area contributed by atoms with Crippen molar-refractivity contribution >= 4 is 11.8 Å². The summed E-state index contributed by atoms with van der Waals surface area (Å²) in [7, 11) is 1.39. The maximum Gasteiger partial charge on any atom is 0.305 e. The molecule has 1 atom stereocenters. The smallest absolute Gasteiger partial charge is 0.305 e. The highest BCUT2D eigenvalue weighted by Gasteiger charge is 2.26. The van der Waals surface area contributed by atoms with Crippen LogP contribution in [0.5, 0.6) is 0 Å². The molecule has 1 unspecified atom stereocenters. The Morgan fingerprint density at radius 2 is 2.36 bits per heavy atom. The minimum absolute atomic E-state index is 0.0118. The van der Waals surface area contributed by atoms with Crippen LogP contribution in [0.2, 0.25) is 0 Å². The lowest BCUT2D eigenvalue weighted by Crippen LogP contribution is -2.20.